The molecule has 0 aromatic rings. The van der Waals surface area contributed by atoms with Crippen LogP contribution >= 0.6 is 11.8 Å². The molecule has 0 radical (unpaired) electrons. The fourth-order valence-corrected chi connectivity index (χ4v) is 3.18. The third-order valence-corrected chi connectivity index (χ3v) is 4.66. The van der Waals surface area contributed by atoms with Crippen LogP contribution in [-0.2, 0) is 19.2 Å². The van der Waals surface area contributed by atoms with Crippen LogP contribution in [0.15, 0.2) is 0 Å². The Morgan fingerprint density at radius 3 is 2.00 bits per heavy atom. The van der Waals surface area contributed by atoms with Gasteiger partial charge in [0.15, 0.2) is 0 Å². The average molecular weight is 298 g/mol. The fourth-order valence-electron chi connectivity index (χ4n) is 2.54. The summed E-state index contributed by atoms with van der Waals surface area (Å²) in [7, 11) is 0. The van der Waals surface area contributed by atoms with Crippen LogP contribution in [0.3, 0.4) is 0 Å². The summed E-state index contributed by atoms with van der Waals surface area (Å²) in [5.74, 6) is -0.894. The van der Waals surface area contributed by atoms with Crippen LogP contribution in [0.2, 0.25) is 0 Å². The van der Waals surface area contributed by atoms with Gasteiger partial charge in [0.25, 0.3) is 0 Å². The van der Waals surface area contributed by atoms with Gasteiger partial charge in [-0.2, -0.15) is 11.8 Å². The number of rotatable bonds is 5. The van der Waals surface area contributed by atoms with Crippen LogP contribution in [0.4, 0.5) is 0 Å². The Morgan fingerprint density at radius 2 is 1.55 bits per heavy atom. The smallest absolute Gasteiger partial charge is 0.242 e. The van der Waals surface area contributed by atoms with Crippen molar-refractivity contribution in [3.05, 3.63) is 0 Å². The lowest BCUT2D eigenvalue weighted by Gasteiger charge is -2.18. The molecule has 0 saturated carbocycles. The number of nitrogens with zero attached hydrogens (tertiary/aromatic N) is 2. The summed E-state index contributed by atoms with van der Waals surface area (Å²) in [6.45, 7) is 2.29. The maximum Gasteiger partial charge on any atom is 0.242 e. The first-order valence-corrected chi connectivity index (χ1v) is 7.95. The van der Waals surface area contributed by atoms with E-state index in [1.807, 2.05) is 6.26 Å². The van der Waals surface area contributed by atoms with Crippen LogP contribution in [0.25, 0.3) is 0 Å². The van der Waals surface area contributed by atoms with Gasteiger partial charge in [0.2, 0.25) is 23.6 Å². The van der Waals surface area contributed by atoms with Crippen molar-refractivity contribution in [1.82, 2.24) is 9.80 Å². The summed E-state index contributed by atoms with van der Waals surface area (Å²) in [6, 6.07) is 0. The molecule has 7 heteroatoms. The van der Waals surface area contributed by atoms with Crippen molar-refractivity contribution < 1.29 is 19.2 Å². The highest BCUT2D eigenvalue weighted by atomic mass is 32.2. The molecular formula is C13H18N2O4S. The number of carbonyl (C=O) groups excluding carboxylic acids is 4. The second-order valence-electron chi connectivity index (χ2n) is 5.15. The van der Waals surface area contributed by atoms with E-state index in [1.54, 1.807) is 6.92 Å². The molecule has 2 unspecified atom stereocenters. The lowest BCUT2D eigenvalue weighted by molar-refractivity contribution is -0.139. The van der Waals surface area contributed by atoms with Crippen molar-refractivity contribution >= 4 is 35.4 Å². The molecule has 0 N–H and O–H groups in total. The third kappa shape index (κ3) is 2.72. The normalized spacial score (nSPS) is 27.1. The van der Waals surface area contributed by atoms with Gasteiger partial charge in [-0.05, 0) is 12.7 Å². The van der Waals surface area contributed by atoms with E-state index < -0.39 is 0 Å². The van der Waals surface area contributed by atoms with Gasteiger partial charge in [0.05, 0.1) is 5.25 Å². The van der Waals surface area contributed by atoms with Gasteiger partial charge in [-0.1, -0.05) is 6.92 Å². The van der Waals surface area contributed by atoms with E-state index in [0.29, 0.717) is 6.42 Å². The summed E-state index contributed by atoms with van der Waals surface area (Å²) in [6.07, 6.45) is 2.76. The molecule has 0 spiro atoms. The molecule has 2 heterocycles. The zero-order chi connectivity index (χ0) is 14.9. The Hall–Kier alpha value is -1.37. The second kappa shape index (κ2) is 5.95. The van der Waals surface area contributed by atoms with E-state index in [-0.39, 0.29) is 60.7 Å². The highest BCUT2D eigenvalue weighted by Gasteiger charge is 2.38. The highest BCUT2D eigenvalue weighted by molar-refractivity contribution is 8.00. The van der Waals surface area contributed by atoms with E-state index >= 15 is 0 Å². The van der Waals surface area contributed by atoms with Crippen molar-refractivity contribution in [3.63, 3.8) is 0 Å². The Kier molecular flexibility index (Phi) is 4.47. The lowest BCUT2D eigenvalue weighted by Crippen LogP contribution is -2.36. The van der Waals surface area contributed by atoms with Gasteiger partial charge >= 0.3 is 0 Å². The Morgan fingerprint density at radius 1 is 1.00 bits per heavy atom. The van der Waals surface area contributed by atoms with Crippen molar-refractivity contribution in [2.24, 2.45) is 5.92 Å². The van der Waals surface area contributed by atoms with Gasteiger partial charge < -0.3 is 0 Å². The summed E-state index contributed by atoms with van der Waals surface area (Å²) < 4.78 is 0. The molecule has 6 nitrogen and oxygen atoms in total. The summed E-state index contributed by atoms with van der Waals surface area (Å²) in [4.78, 5) is 49.4. The first kappa shape index (κ1) is 15.0. The first-order chi connectivity index (χ1) is 9.45. The van der Waals surface area contributed by atoms with E-state index in [4.69, 9.17) is 0 Å². The van der Waals surface area contributed by atoms with Crippen molar-refractivity contribution in [1.29, 1.82) is 0 Å². The monoisotopic (exact) mass is 298 g/mol. The van der Waals surface area contributed by atoms with Crippen LogP contribution in [0, 0.1) is 5.92 Å². The molecule has 2 atom stereocenters. The molecule has 2 aliphatic heterocycles. The maximum absolute atomic E-state index is 11.9. The molecular weight excluding hydrogens is 280 g/mol. The van der Waals surface area contributed by atoms with Gasteiger partial charge in [-0.3, -0.25) is 29.0 Å². The molecule has 20 heavy (non-hydrogen) atoms. The Bertz CT molecular complexity index is 465. The molecule has 0 aromatic carbocycles. The van der Waals surface area contributed by atoms with E-state index in [1.165, 1.54) is 21.6 Å². The average Bonchev–Trinajstić information content (AvgIpc) is 2.81. The fraction of sp³-hybridized carbons (Fsp3) is 0.692. The summed E-state index contributed by atoms with van der Waals surface area (Å²) >= 11 is 1.38. The largest absolute Gasteiger partial charge is 0.282 e. The predicted molar refractivity (Wildman–Crippen MR) is 73.8 cm³/mol. The van der Waals surface area contributed by atoms with E-state index in [0.717, 1.165) is 0 Å². The number of hydrogen-bond donors (Lipinski definition) is 0. The second-order valence-corrected chi connectivity index (χ2v) is 6.19. The van der Waals surface area contributed by atoms with Crippen molar-refractivity contribution in [3.8, 4) is 0 Å². The highest BCUT2D eigenvalue weighted by Crippen LogP contribution is 2.23. The minimum absolute atomic E-state index is 0.156. The lowest BCUT2D eigenvalue weighted by atomic mass is 10.1. The summed E-state index contributed by atoms with van der Waals surface area (Å²) in [5.41, 5.74) is 0. The molecule has 2 aliphatic rings. The topological polar surface area (TPSA) is 74.8 Å². The van der Waals surface area contributed by atoms with Gasteiger partial charge in [0, 0.05) is 31.8 Å². The first-order valence-electron chi connectivity index (χ1n) is 6.67. The molecule has 2 rings (SSSR count). The van der Waals surface area contributed by atoms with Crippen LogP contribution < -0.4 is 0 Å². The number of amides is 4. The van der Waals surface area contributed by atoms with Crippen LogP contribution in [0.1, 0.15) is 26.2 Å². The molecule has 2 saturated heterocycles. The Labute approximate surface area is 121 Å². The van der Waals surface area contributed by atoms with Crippen molar-refractivity contribution in [2.45, 2.75) is 31.4 Å². The Balaban J connectivity index is 1.85. The van der Waals surface area contributed by atoms with Crippen LogP contribution in [-0.4, -0.2) is 58.0 Å². The zero-order valence-electron chi connectivity index (χ0n) is 11.6. The van der Waals surface area contributed by atoms with E-state index in [9.17, 15) is 19.2 Å². The maximum atomic E-state index is 11.9. The molecule has 4 amide bonds. The SMILES string of the molecule is CSC1CC(=O)N(CCCN2C(=O)CC(C)C2=O)C1=O. The quantitative estimate of drug-likeness (QED) is 0.681. The minimum Gasteiger partial charge on any atom is -0.282 e. The number of carbonyl (C=O) groups is 4. The molecule has 0 aliphatic carbocycles. The number of likely N-dealkylation sites (tertiary alicyclic amines) is 2. The van der Waals surface area contributed by atoms with Gasteiger partial charge in [0.1, 0.15) is 0 Å². The standard InChI is InChI=1S/C13H18N2O4S/c1-8-6-10(16)14(12(8)18)4-3-5-15-11(17)7-9(20-2)13(15)19/h8-9H,3-7H2,1-2H3. The minimum atomic E-state index is -0.280. The molecule has 0 aromatic heterocycles. The third-order valence-electron chi connectivity index (χ3n) is 3.72. The number of imide groups is 2. The molecule has 0 bridgehead atoms. The number of hydrogen-bond acceptors (Lipinski definition) is 5. The van der Waals surface area contributed by atoms with Crippen molar-refractivity contribution in [2.75, 3.05) is 19.3 Å². The molecule has 2 fully saturated rings. The molecule has 110 valence electrons. The van der Waals surface area contributed by atoms with Gasteiger partial charge in [-0.15, -0.1) is 0 Å². The summed E-state index contributed by atoms with van der Waals surface area (Å²) in [5, 5.41) is -0.280. The van der Waals surface area contributed by atoms with Crippen LogP contribution in [0.5, 0.6) is 0 Å². The number of thioether (sulfide) groups is 1. The van der Waals surface area contributed by atoms with E-state index in [2.05, 4.69) is 0 Å². The zero-order valence-corrected chi connectivity index (χ0v) is 12.4. The van der Waals surface area contributed by atoms with Gasteiger partial charge in [-0.25, -0.2) is 0 Å². The predicted octanol–water partition coefficient (Wildman–Crippen LogP) is 0.262.